The summed E-state index contributed by atoms with van der Waals surface area (Å²) in [6, 6.07) is 9.06. The molecule has 5 heteroatoms. The summed E-state index contributed by atoms with van der Waals surface area (Å²) in [5.41, 5.74) is 1.02. The third-order valence-electron chi connectivity index (χ3n) is 2.41. The molecular formula is C13H7Cl3F2. The third kappa shape index (κ3) is 2.94. The summed E-state index contributed by atoms with van der Waals surface area (Å²) >= 11 is 17.6. The van der Waals surface area contributed by atoms with Crippen molar-refractivity contribution in [3.63, 3.8) is 0 Å². The minimum Gasteiger partial charge on any atom is -0.205 e. The van der Waals surface area contributed by atoms with E-state index in [1.54, 1.807) is 24.3 Å². The van der Waals surface area contributed by atoms with Gasteiger partial charge in [-0.1, -0.05) is 40.9 Å². The SMILES string of the molecule is FC(F)c1cc(Cl)cc(-c2ccc(Cl)cc2Cl)c1. The maximum Gasteiger partial charge on any atom is 0.263 e. The van der Waals surface area contributed by atoms with E-state index in [1.807, 2.05) is 0 Å². The number of halogens is 5. The largest absolute Gasteiger partial charge is 0.263 e. The van der Waals surface area contributed by atoms with Gasteiger partial charge in [-0.2, -0.15) is 0 Å². The molecular weight excluding hydrogens is 300 g/mol. The molecule has 2 aromatic rings. The standard InChI is InChI=1S/C13H7Cl3F2/c14-9-1-2-11(12(16)6-9)7-3-8(13(17)18)5-10(15)4-7/h1-6,13H. The normalized spacial score (nSPS) is 11.0. The summed E-state index contributed by atoms with van der Waals surface area (Å²) < 4.78 is 25.4. The van der Waals surface area contributed by atoms with E-state index in [4.69, 9.17) is 34.8 Å². The van der Waals surface area contributed by atoms with Crippen LogP contribution >= 0.6 is 34.8 Å². The summed E-state index contributed by atoms with van der Waals surface area (Å²) in [5, 5.41) is 1.12. The zero-order chi connectivity index (χ0) is 13.3. The monoisotopic (exact) mass is 306 g/mol. The van der Waals surface area contributed by atoms with Crippen LogP contribution in [0.25, 0.3) is 11.1 Å². The van der Waals surface area contributed by atoms with Crippen molar-refractivity contribution in [1.29, 1.82) is 0 Å². The lowest BCUT2D eigenvalue weighted by molar-refractivity contribution is 0.151. The maximum absolute atomic E-state index is 12.7. The number of hydrogen-bond donors (Lipinski definition) is 0. The van der Waals surface area contributed by atoms with Gasteiger partial charge in [0.15, 0.2) is 0 Å². The number of benzene rings is 2. The molecule has 94 valence electrons. The van der Waals surface area contributed by atoms with Crippen LogP contribution in [0.5, 0.6) is 0 Å². The Morgan fingerprint density at radius 3 is 2.17 bits per heavy atom. The molecule has 0 amide bonds. The van der Waals surface area contributed by atoms with E-state index in [9.17, 15) is 8.78 Å². The van der Waals surface area contributed by atoms with Crippen molar-refractivity contribution < 1.29 is 8.78 Å². The van der Waals surface area contributed by atoms with Gasteiger partial charge >= 0.3 is 0 Å². The molecule has 0 heterocycles. The summed E-state index contributed by atoms with van der Waals surface area (Å²) in [6.45, 7) is 0. The molecule has 0 bridgehead atoms. The molecule has 0 fully saturated rings. The van der Waals surface area contributed by atoms with Crippen LogP contribution in [-0.2, 0) is 0 Å². The lowest BCUT2D eigenvalue weighted by Crippen LogP contribution is -1.87. The molecule has 0 unspecified atom stereocenters. The predicted molar refractivity (Wildman–Crippen MR) is 71.9 cm³/mol. The van der Waals surface area contributed by atoms with Gasteiger partial charge in [-0.25, -0.2) is 8.78 Å². The molecule has 0 aliphatic rings. The third-order valence-corrected chi connectivity index (χ3v) is 3.18. The van der Waals surface area contributed by atoms with Gasteiger partial charge < -0.3 is 0 Å². The highest BCUT2D eigenvalue weighted by molar-refractivity contribution is 6.36. The Morgan fingerprint density at radius 1 is 0.833 bits per heavy atom. The van der Waals surface area contributed by atoms with E-state index >= 15 is 0 Å². The zero-order valence-electron chi connectivity index (χ0n) is 8.93. The first-order chi connectivity index (χ1) is 8.47. The fourth-order valence-corrected chi connectivity index (χ4v) is 2.38. The Kier molecular flexibility index (Phi) is 4.10. The van der Waals surface area contributed by atoms with E-state index in [-0.39, 0.29) is 10.6 Å². The van der Waals surface area contributed by atoms with Gasteiger partial charge in [-0.3, -0.25) is 0 Å². The molecule has 0 radical (unpaired) electrons. The number of hydrogen-bond acceptors (Lipinski definition) is 0. The van der Waals surface area contributed by atoms with Gasteiger partial charge in [-0.05, 0) is 35.9 Å². The molecule has 0 saturated carbocycles. The van der Waals surface area contributed by atoms with Crippen LogP contribution in [0.1, 0.15) is 12.0 Å². The molecule has 0 aliphatic carbocycles. The molecule has 2 aromatic carbocycles. The predicted octanol–water partition coefficient (Wildman–Crippen LogP) is 6.25. The number of rotatable bonds is 2. The average molecular weight is 308 g/mol. The van der Waals surface area contributed by atoms with E-state index in [2.05, 4.69) is 0 Å². The first kappa shape index (κ1) is 13.6. The molecule has 0 nitrogen and oxygen atoms in total. The van der Waals surface area contributed by atoms with Gasteiger partial charge in [0.05, 0.1) is 0 Å². The fraction of sp³-hybridized carbons (Fsp3) is 0.0769. The number of alkyl halides is 2. The van der Waals surface area contributed by atoms with Crippen LogP contribution in [0, 0.1) is 0 Å². The summed E-state index contributed by atoms with van der Waals surface area (Å²) in [6.07, 6.45) is -2.58. The van der Waals surface area contributed by atoms with Crippen molar-refractivity contribution in [3.05, 3.63) is 57.0 Å². The fourth-order valence-electron chi connectivity index (χ4n) is 1.62. The van der Waals surface area contributed by atoms with Crippen LogP contribution in [-0.4, -0.2) is 0 Å². The highest BCUT2D eigenvalue weighted by Gasteiger charge is 2.12. The molecule has 0 spiro atoms. The van der Waals surface area contributed by atoms with E-state index in [1.165, 1.54) is 12.1 Å². The van der Waals surface area contributed by atoms with Gasteiger partial charge in [-0.15, -0.1) is 0 Å². The second-order valence-corrected chi connectivity index (χ2v) is 4.98. The second kappa shape index (κ2) is 5.43. The summed E-state index contributed by atoms with van der Waals surface area (Å²) in [7, 11) is 0. The molecule has 2 rings (SSSR count). The highest BCUT2D eigenvalue weighted by atomic mass is 35.5. The van der Waals surface area contributed by atoms with Gasteiger partial charge in [0, 0.05) is 26.2 Å². The molecule has 0 aromatic heterocycles. The Labute approximate surface area is 118 Å². The molecule has 0 saturated heterocycles. The molecule has 0 atom stereocenters. The van der Waals surface area contributed by atoms with Gasteiger partial charge in [0.2, 0.25) is 0 Å². The van der Waals surface area contributed by atoms with Gasteiger partial charge in [0.25, 0.3) is 6.43 Å². The van der Waals surface area contributed by atoms with Crippen molar-refractivity contribution in [3.8, 4) is 11.1 Å². The van der Waals surface area contributed by atoms with Crippen molar-refractivity contribution >= 4 is 34.8 Å². The Balaban J connectivity index is 2.56. The van der Waals surface area contributed by atoms with Crippen molar-refractivity contribution in [2.45, 2.75) is 6.43 Å². The first-order valence-corrected chi connectivity index (χ1v) is 6.15. The van der Waals surface area contributed by atoms with Crippen LogP contribution in [0.15, 0.2) is 36.4 Å². The lowest BCUT2D eigenvalue weighted by atomic mass is 10.0. The quantitative estimate of drug-likeness (QED) is 0.615. The molecule has 0 aliphatic heterocycles. The second-order valence-electron chi connectivity index (χ2n) is 3.70. The van der Waals surface area contributed by atoms with Gasteiger partial charge in [0.1, 0.15) is 0 Å². The minimum absolute atomic E-state index is 0.136. The van der Waals surface area contributed by atoms with Crippen LogP contribution in [0.4, 0.5) is 8.78 Å². The van der Waals surface area contributed by atoms with Crippen molar-refractivity contribution in [1.82, 2.24) is 0 Å². The van der Waals surface area contributed by atoms with Crippen molar-refractivity contribution in [2.75, 3.05) is 0 Å². The Bertz CT molecular complexity index is 582. The van der Waals surface area contributed by atoms with Crippen LogP contribution < -0.4 is 0 Å². The Hall–Kier alpha value is -0.830. The van der Waals surface area contributed by atoms with Crippen LogP contribution in [0.3, 0.4) is 0 Å². The summed E-state index contributed by atoms with van der Waals surface area (Å²) in [5.74, 6) is 0. The maximum atomic E-state index is 12.7. The first-order valence-electron chi connectivity index (χ1n) is 5.01. The smallest absolute Gasteiger partial charge is 0.205 e. The average Bonchev–Trinajstić information content (AvgIpc) is 2.27. The van der Waals surface area contributed by atoms with E-state index in [0.29, 0.717) is 21.2 Å². The Morgan fingerprint density at radius 2 is 1.56 bits per heavy atom. The zero-order valence-corrected chi connectivity index (χ0v) is 11.2. The van der Waals surface area contributed by atoms with E-state index in [0.717, 1.165) is 0 Å². The topological polar surface area (TPSA) is 0 Å². The minimum atomic E-state index is -2.58. The highest BCUT2D eigenvalue weighted by Crippen LogP contribution is 2.34. The summed E-state index contributed by atoms with van der Waals surface area (Å²) in [4.78, 5) is 0. The lowest BCUT2D eigenvalue weighted by Gasteiger charge is -2.08. The van der Waals surface area contributed by atoms with Crippen LogP contribution in [0.2, 0.25) is 15.1 Å². The molecule has 18 heavy (non-hydrogen) atoms. The van der Waals surface area contributed by atoms with Crippen molar-refractivity contribution in [2.24, 2.45) is 0 Å². The molecule has 0 N–H and O–H groups in total. The van der Waals surface area contributed by atoms with E-state index < -0.39 is 6.43 Å².